The van der Waals surface area contributed by atoms with Gasteiger partial charge in [-0.1, -0.05) is 12.1 Å². The highest BCUT2D eigenvalue weighted by molar-refractivity contribution is 7.89. The van der Waals surface area contributed by atoms with Crippen LogP contribution in [0.3, 0.4) is 0 Å². The summed E-state index contributed by atoms with van der Waals surface area (Å²) in [6.07, 6.45) is 0. The smallest absolute Gasteiger partial charge is 0.243 e. The van der Waals surface area contributed by atoms with Crippen LogP contribution in [0.4, 0.5) is 11.4 Å². The predicted molar refractivity (Wildman–Crippen MR) is 108 cm³/mol. The van der Waals surface area contributed by atoms with Crippen LogP contribution >= 0.6 is 0 Å². The number of benzene rings is 2. The number of amides is 2. The zero-order valence-electron chi connectivity index (χ0n) is 16.2. The molecule has 2 N–H and O–H groups in total. The van der Waals surface area contributed by atoms with Crippen molar-refractivity contribution in [1.29, 1.82) is 0 Å². The van der Waals surface area contributed by atoms with Crippen LogP contribution in [0.2, 0.25) is 0 Å². The maximum absolute atomic E-state index is 12.9. The van der Waals surface area contributed by atoms with Crippen molar-refractivity contribution in [3.05, 3.63) is 53.1 Å². The summed E-state index contributed by atoms with van der Waals surface area (Å²) < 4.78 is 26.7. The van der Waals surface area contributed by atoms with Crippen LogP contribution in [-0.4, -0.2) is 38.1 Å². The summed E-state index contributed by atoms with van der Waals surface area (Å²) in [6, 6.07) is 10.2. The fourth-order valence-corrected chi connectivity index (χ4v) is 4.25. The van der Waals surface area contributed by atoms with Crippen LogP contribution in [0.25, 0.3) is 0 Å². The van der Waals surface area contributed by atoms with E-state index in [2.05, 4.69) is 10.6 Å². The molecule has 1 atom stereocenters. The topological polar surface area (TPSA) is 95.6 Å². The molecule has 0 aliphatic carbocycles. The molecule has 1 aliphatic rings. The summed E-state index contributed by atoms with van der Waals surface area (Å²) >= 11 is 0. The maximum atomic E-state index is 12.9. The van der Waals surface area contributed by atoms with Gasteiger partial charge in [0, 0.05) is 18.4 Å². The van der Waals surface area contributed by atoms with Gasteiger partial charge in [-0.05, 0) is 61.7 Å². The van der Waals surface area contributed by atoms with Gasteiger partial charge < -0.3 is 10.6 Å². The third kappa shape index (κ3) is 3.79. The summed E-state index contributed by atoms with van der Waals surface area (Å²) in [5, 5.41) is 5.47. The molecule has 2 aromatic carbocycles. The molecule has 0 radical (unpaired) electrons. The highest BCUT2D eigenvalue weighted by atomic mass is 32.2. The third-order valence-corrected chi connectivity index (χ3v) is 6.68. The molecule has 0 bridgehead atoms. The summed E-state index contributed by atoms with van der Waals surface area (Å²) in [5.41, 5.74) is 3.81. The van der Waals surface area contributed by atoms with Gasteiger partial charge in [0.1, 0.15) is 0 Å². The largest absolute Gasteiger partial charge is 0.325 e. The molecule has 1 aliphatic heterocycles. The van der Waals surface area contributed by atoms with Crippen molar-refractivity contribution >= 4 is 33.2 Å². The number of carbonyl (C=O) groups is 2. The second-order valence-corrected chi connectivity index (χ2v) is 9.13. The monoisotopic (exact) mass is 401 g/mol. The number of likely N-dealkylation sites (N-methyl/N-ethyl adjacent to an activating group) is 1. The lowest BCUT2D eigenvalue weighted by Gasteiger charge is -2.18. The fraction of sp³-hybridized carbons (Fsp3) is 0.300. The zero-order valence-corrected chi connectivity index (χ0v) is 17.1. The SMILES string of the molecule is Cc1ccc(C)c(NC(=O)CN(C)S(=O)(=O)c2ccc3c(c2)[C@@H](C)C(=O)N3)c1. The van der Waals surface area contributed by atoms with Crippen LogP contribution in [-0.2, 0) is 19.6 Å². The number of sulfonamides is 1. The quantitative estimate of drug-likeness (QED) is 0.805. The van der Waals surface area contributed by atoms with Crippen LogP contribution in [0.15, 0.2) is 41.3 Å². The van der Waals surface area contributed by atoms with Gasteiger partial charge in [-0.25, -0.2) is 8.42 Å². The molecule has 28 heavy (non-hydrogen) atoms. The first-order valence-corrected chi connectivity index (χ1v) is 10.3. The summed E-state index contributed by atoms with van der Waals surface area (Å²) in [5.74, 6) is -1.000. The lowest BCUT2D eigenvalue weighted by atomic mass is 10.0. The van der Waals surface area contributed by atoms with Crippen molar-refractivity contribution < 1.29 is 18.0 Å². The van der Waals surface area contributed by atoms with E-state index in [1.807, 2.05) is 32.0 Å². The molecule has 0 unspecified atom stereocenters. The summed E-state index contributed by atoms with van der Waals surface area (Å²) in [7, 11) is -2.51. The van der Waals surface area contributed by atoms with Crippen LogP contribution in [0, 0.1) is 13.8 Å². The maximum Gasteiger partial charge on any atom is 0.243 e. The van der Waals surface area contributed by atoms with Gasteiger partial charge in [0.25, 0.3) is 0 Å². The number of aryl methyl sites for hydroxylation is 2. The Morgan fingerprint density at radius 2 is 1.89 bits per heavy atom. The van der Waals surface area contributed by atoms with Gasteiger partial charge in [-0.15, -0.1) is 0 Å². The molecule has 148 valence electrons. The van der Waals surface area contributed by atoms with Crippen LogP contribution in [0.5, 0.6) is 0 Å². The second kappa shape index (κ2) is 7.37. The number of hydrogen-bond donors (Lipinski definition) is 2. The third-order valence-electron chi connectivity index (χ3n) is 4.88. The standard InChI is InChI=1S/C20H23N3O4S/c1-12-5-6-13(2)18(9-12)21-19(24)11-23(4)28(26,27)15-7-8-17-16(10-15)14(3)20(25)22-17/h5-10,14H,11H2,1-4H3,(H,21,24)(H,22,25)/t14-/m1/s1. The second-order valence-electron chi connectivity index (χ2n) is 7.09. The molecule has 0 saturated heterocycles. The lowest BCUT2D eigenvalue weighted by Crippen LogP contribution is -2.35. The Morgan fingerprint density at radius 3 is 2.61 bits per heavy atom. The molecular weight excluding hydrogens is 378 g/mol. The average Bonchev–Trinajstić information content (AvgIpc) is 2.91. The Kier molecular flexibility index (Phi) is 5.27. The highest BCUT2D eigenvalue weighted by Crippen LogP contribution is 2.34. The van der Waals surface area contributed by atoms with Crippen molar-refractivity contribution in [2.45, 2.75) is 31.6 Å². The van der Waals surface area contributed by atoms with E-state index < -0.39 is 21.8 Å². The van der Waals surface area contributed by atoms with Gasteiger partial charge in [-0.2, -0.15) is 4.31 Å². The molecule has 2 aromatic rings. The molecule has 0 saturated carbocycles. The Morgan fingerprint density at radius 1 is 1.18 bits per heavy atom. The van der Waals surface area contributed by atoms with E-state index in [9.17, 15) is 18.0 Å². The number of rotatable bonds is 5. The van der Waals surface area contributed by atoms with Crippen LogP contribution in [0.1, 0.15) is 29.5 Å². The number of hydrogen-bond acceptors (Lipinski definition) is 4. The van der Waals surface area contributed by atoms with Crippen LogP contribution < -0.4 is 10.6 Å². The van der Waals surface area contributed by atoms with E-state index in [1.54, 1.807) is 13.0 Å². The number of nitrogens with zero attached hydrogens (tertiary/aromatic N) is 1. The van der Waals surface area contributed by atoms with Crippen molar-refractivity contribution in [2.75, 3.05) is 24.2 Å². The van der Waals surface area contributed by atoms with Gasteiger partial charge in [-0.3, -0.25) is 9.59 Å². The van der Waals surface area contributed by atoms with E-state index >= 15 is 0 Å². The van der Waals surface area contributed by atoms with Gasteiger partial charge in [0.15, 0.2) is 0 Å². The van der Waals surface area contributed by atoms with E-state index in [0.29, 0.717) is 16.9 Å². The summed E-state index contributed by atoms with van der Waals surface area (Å²) in [6.45, 7) is 5.19. The zero-order chi connectivity index (χ0) is 20.6. The average molecular weight is 401 g/mol. The van der Waals surface area contributed by atoms with E-state index in [4.69, 9.17) is 0 Å². The summed E-state index contributed by atoms with van der Waals surface area (Å²) in [4.78, 5) is 24.2. The molecule has 0 aromatic heterocycles. The fourth-order valence-electron chi connectivity index (χ4n) is 3.08. The van der Waals surface area contributed by atoms with Crippen molar-refractivity contribution in [3.8, 4) is 0 Å². The molecular formula is C20H23N3O4S. The van der Waals surface area contributed by atoms with Crippen molar-refractivity contribution in [1.82, 2.24) is 4.31 Å². The van der Waals surface area contributed by atoms with E-state index in [0.717, 1.165) is 15.4 Å². The Bertz CT molecular complexity index is 1060. The molecule has 3 rings (SSSR count). The highest BCUT2D eigenvalue weighted by Gasteiger charge is 2.30. The first kappa shape index (κ1) is 20.0. The Labute approximate surface area is 164 Å². The minimum Gasteiger partial charge on any atom is -0.325 e. The number of nitrogens with one attached hydrogen (secondary N) is 2. The first-order chi connectivity index (χ1) is 13.1. The number of fused-ring (bicyclic) bond motifs is 1. The number of carbonyl (C=O) groups excluding carboxylic acids is 2. The lowest BCUT2D eigenvalue weighted by molar-refractivity contribution is -0.117. The van der Waals surface area contributed by atoms with E-state index in [-0.39, 0.29) is 17.3 Å². The Balaban J connectivity index is 1.76. The first-order valence-electron chi connectivity index (χ1n) is 8.88. The molecule has 7 nitrogen and oxygen atoms in total. The molecule has 1 heterocycles. The van der Waals surface area contributed by atoms with E-state index in [1.165, 1.54) is 19.2 Å². The minimum absolute atomic E-state index is 0.0524. The number of anilines is 2. The van der Waals surface area contributed by atoms with Crippen molar-refractivity contribution in [3.63, 3.8) is 0 Å². The normalized spacial score (nSPS) is 16.0. The van der Waals surface area contributed by atoms with Gasteiger partial charge in [0.2, 0.25) is 21.8 Å². The molecule has 0 spiro atoms. The Hall–Kier alpha value is -2.71. The minimum atomic E-state index is -3.87. The molecule has 0 fully saturated rings. The van der Waals surface area contributed by atoms with Gasteiger partial charge in [0.05, 0.1) is 17.4 Å². The predicted octanol–water partition coefficient (Wildman–Crippen LogP) is 2.62. The van der Waals surface area contributed by atoms with Gasteiger partial charge >= 0.3 is 0 Å². The van der Waals surface area contributed by atoms with Crippen molar-refractivity contribution in [2.24, 2.45) is 0 Å². The molecule has 8 heteroatoms. The molecule has 2 amide bonds.